The third-order valence-electron chi connectivity index (χ3n) is 4.90. The Morgan fingerprint density at radius 2 is 2.20 bits per heavy atom. The predicted molar refractivity (Wildman–Crippen MR) is 117 cm³/mol. The molecule has 3 heterocycles. The van der Waals surface area contributed by atoms with Crippen molar-refractivity contribution >= 4 is 29.5 Å². The summed E-state index contributed by atoms with van der Waals surface area (Å²) in [4.78, 5) is 14.2. The van der Waals surface area contributed by atoms with E-state index in [1.165, 1.54) is 30.0 Å². The minimum atomic E-state index is -0.529. The van der Waals surface area contributed by atoms with Crippen LogP contribution in [0.3, 0.4) is 0 Å². The van der Waals surface area contributed by atoms with Crippen LogP contribution in [0.1, 0.15) is 41.6 Å². The molecule has 0 saturated heterocycles. The zero-order chi connectivity index (χ0) is 21.3. The maximum Gasteiger partial charge on any atom is 0.166 e. The topological polar surface area (TPSA) is 112 Å². The van der Waals surface area contributed by atoms with Gasteiger partial charge in [-0.25, -0.2) is 14.4 Å². The molecular formula is C21H21FN6OS. The molecule has 9 heteroatoms. The van der Waals surface area contributed by atoms with E-state index >= 15 is 0 Å². The van der Waals surface area contributed by atoms with Crippen LogP contribution in [0.2, 0.25) is 0 Å². The number of nitrogens with zero attached hydrogens (tertiary/aromatic N) is 4. The number of anilines is 1. The highest BCUT2D eigenvalue weighted by molar-refractivity contribution is 7.06. The van der Waals surface area contributed by atoms with Gasteiger partial charge in [-0.05, 0) is 49.1 Å². The first-order valence-corrected chi connectivity index (χ1v) is 10.3. The summed E-state index contributed by atoms with van der Waals surface area (Å²) in [5.74, 6) is 0.702. The molecule has 1 aliphatic heterocycles. The standard InChI is InChI=1S/C21H21FN6OS/c1-3-16-19-12-6-17(20(24)25-8-12)29-11(2)15-7-13(22)4-5-14(15)21(27-10-23)26-9-18(19)30-28-16/h4-8,10-11H,3,9H2,1-2H3,(H2,24,25)(H2,23,26,27)/t11-/m1/s1. The second-order valence-corrected chi connectivity index (χ2v) is 7.66. The molecule has 1 aromatic carbocycles. The van der Waals surface area contributed by atoms with Gasteiger partial charge < -0.3 is 16.2 Å². The lowest BCUT2D eigenvalue weighted by Crippen LogP contribution is -2.13. The van der Waals surface area contributed by atoms with Crippen LogP contribution < -0.4 is 16.2 Å². The fourth-order valence-electron chi connectivity index (χ4n) is 3.47. The second kappa shape index (κ2) is 8.19. The molecule has 154 valence electrons. The van der Waals surface area contributed by atoms with E-state index in [-0.39, 0.29) is 11.6 Å². The summed E-state index contributed by atoms with van der Waals surface area (Å²) in [6.07, 6.45) is 3.13. The summed E-state index contributed by atoms with van der Waals surface area (Å²) in [6, 6.07) is 6.26. The number of hydrogen-bond donors (Lipinski definition) is 2. The van der Waals surface area contributed by atoms with Gasteiger partial charge in [-0.2, -0.15) is 4.37 Å². The van der Waals surface area contributed by atoms with E-state index in [9.17, 15) is 4.39 Å². The molecule has 3 aromatic rings. The largest absolute Gasteiger partial charge is 0.482 e. The molecule has 2 bridgehead atoms. The van der Waals surface area contributed by atoms with Gasteiger partial charge in [0.15, 0.2) is 17.4 Å². The SMILES string of the molecule is CCc1nsc2c1-c1cnc(N)c(c1)O[C@H](C)c1cc(F)ccc1C(N=CN)=NC2. The molecule has 1 aliphatic rings. The van der Waals surface area contributed by atoms with Crippen molar-refractivity contribution < 1.29 is 9.13 Å². The van der Waals surface area contributed by atoms with Crippen LogP contribution in [-0.4, -0.2) is 21.5 Å². The highest BCUT2D eigenvalue weighted by Crippen LogP contribution is 2.37. The monoisotopic (exact) mass is 424 g/mol. The summed E-state index contributed by atoms with van der Waals surface area (Å²) in [6.45, 7) is 4.22. The number of nitrogens with two attached hydrogens (primary N) is 2. The molecule has 4 N–H and O–H groups in total. The molecular weight excluding hydrogens is 403 g/mol. The lowest BCUT2D eigenvalue weighted by molar-refractivity contribution is 0.227. The van der Waals surface area contributed by atoms with E-state index in [1.807, 2.05) is 19.9 Å². The van der Waals surface area contributed by atoms with Crippen LogP contribution in [0.15, 0.2) is 40.4 Å². The van der Waals surface area contributed by atoms with Crippen LogP contribution in [-0.2, 0) is 13.0 Å². The minimum Gasteiger partial charge on any atom is -0.482 e. The van der Waals surface area contributed by atoms with Crippen LogP contribution in [0.25, 0.3) is 11.1 Å². The number of nitrogen functional groups attached to an aromatic ring is 1. The number of pyridine rings is 1. The van der Waals surface area contributed by atoms with Crippen LogP contribution >= 0.6 is 11.5 Å². The zero-order valence-corrected chi connectivity index (χ0v) is 17.4. The van der Waals surface area contributed by atoms with Gasteiger partial charge in [0.25, 0.3) is 0 Å². The maximum absolute atomic E-state index is 14.1. The Kier molecular flexibility index (Phi) is 5.45. The van der Waals surface area contributed by atoms with E-state index in [2.05, 4.69) is 19.3 Å². The molecule has 0 fully saturated rings. The molecule has 0 unspecified atom stereocenters. The maximum atomic E-state index is 14.1. The number of halogens is 1. The highest BCUT2D eigenvalue weighted by atomic mass is 32.1. The third kappa shape index (κ3) is 3.63. The summed E-state index contributed by atoms with van der Waals surface area (Å²) in [5, 5.41) is 0. The van der Waals surface area contributed by atoms with Crippen molar-refractivity contribution in [3.05, 3.63) is 58.0 Å². The van der Waals surface area contributed by atoms with Gasteiger partial charge >= 0.3 is 0 Å². The van der Waals surface area contributed by atoms with Crippen LogP contribution in [0.4, 0.5) is 10.2 Å². The predicted octanol–water partition coefficient (Wildman–Crippen LogP) is 3.88. The molecule has 4 rings (SSSR count). The molecule has 1 atom stereocenters. The first-order valence-electron chi connectivity index (χ1n) is 9.50. The van der Waals surface area contributed by atoms with Crippen molar-refractivity contribution in [3.8, 4) is 16.9 Å². The highest BCUT2D eigenvalue weighted by Gasteiger charge is 2.22. The van der Waals surface area contributed by atoms with Crippen molar-refractivity contribution in [1.29, 1.82) is 0 Å². The van der Waals surface area contributed by atoms with E-state index in [4.69, 9.17) is 16.2 Å². The molecule has 0 saturated carbocycles. The Hall–Kier alpha value is -3.33. The number of ether oxygens (including phenoxy) is 1. The molecule has 7 nitrogen and oxygen atoms in total. The fourth-order valence-corrected chi connectivity index (χ4v) is 4.36. The molecule has 2 aromatic heterocycles. The Balaban J connectivity index is 1.98. The number of hydrogen-bond acceptors (Lipinski definition) is 7. The van der Waals surface area contributed by atoms with Gasteiger partial charge in [0.2, 0.25) is 0 Å². The smallest absolute Gasteiger partial charge is 0.166 e. The van der Waals surface area contributed by atoms with Crippen molar-refractivity contribution in [2.24, 2.45) is 15.7 Å². The van der Waals surface area contributed by atoms with Crippen LogP contribution in [0.5, 0.6) is 5.75 Å². The van der Waals surface area contributed by atoms with Gasteiger partial charge in [0, 0.05) is 28.5 Å². The van der Waals surface area contributed by atoms with Crippen LogP contribution in [0, 0.1) is 5.82 Å². The lowest BCUT2D eigenvalue weighted by Gasteiger charge is -2.20. The van der Waals surface area contributed by atoms with Crippen molar-refractivity contribution in [3.63, 3.8) is 0 Å². The van der Waals surface area contributed by atoms with Gasteiger partial charge in [-0.3, -0.25) is 4.99 Å². The second-order valence-electron chi connectivity index (χ2n) is 6.80. The average molecular weight is 425 g/mol. The molecule has 30 heavy (non-hydrogen) atoms. The summed E-state index contributed by atoms with van der Waals surface area (Å²) < 4.78 is 24.8. The van der Waals surface area contributed by atoms with Crippen molar-refractivity contribution in [2.45, 2.75) is 32.9 Å². The van der Waals surface area contributed by atoms with Crippen molar-refractivity contribution in [1.82, 2.24) is 9.36 Å². The van der Waals surface area contributed by atoms with E-state index in [0.29, 0.717) is 29.3 Å². The number of fused-ring (bicyclic) bond motifs is 5. The minimum absolute atomic E-state index is 0.261. The first kappa shape index (κ1) is 20.0. The van der Waals surface area contributed by atoms with Gasteiger partial charge in [-0.15, -0.1) is 0 Å². The Morgan fingerprint density at radius 3 is 2.97 bits per heavy atom. The lowest BCUT2D eigenvalue weighted by atomic mass is 10.0. The number of benzene rings is 1. The molecule has 0 aliphatic carbocycles. The number of aliphatic imine (C=N–C) groups is 2. The number of aryl methyl sites for hydroxylation is 1. The Morgan fingerprint density at radius 1 is 1.37 bits per heavy atom. The zero-order valence-electron chi connectivity index (χ0n) is 16.6. The van der Waals surface area contributed by atoms with Gasteiger partial charge in [0.05, 0.1) is 23.5 Å². The fraction of sp³-hybridized carbons (Fsp3) is 0.238. The number of rotatable bonds is 1. The van der Waals surface area contributed by atoms with E-state index < -0.39 is 6.10 Å². The first-order chi connectivity index (χ1) is 14.5. The third-order valence-corrected chi connectivity index (χ3v) is 5.77. The summed E-state index contributed by atoms with van der Waals surface area (Å²) >= 11 is 1.39. The molecule has 0 amide bonds. The Labute approximate surface area is 177 Å². The van der Waals surface area contributed by atoms with Gasteiger partial charge in [0.1, 0.15) is 11.9 Å². The quantitative estimate of drug-likeness (QED) is 0.455. The number of amidine groups is 1. The summed E-state index contributed by atoms with van der Waals surface area (Å²) in [5.41, 5.74) is 15.7. The van der Waals surface area contributed by atoms with E-state index in [0.717, 1.165) is 28.1 Å². The molecule has 0 radical (unpaired) electrons. The number of aromatic nitrogens is 2. The van der Waals surface area contributed by atoms with Crippen molar-refractivity contribution in [2.75, 3.05) is 5.73 Å². The summed E-state index contributed by atoms with van der Waals surface area (Å²) in [7, 11) is 0. The molecule has 0 spiro atoms. The van der Waals surface area contributed by atoms with E-state index in [1.54, 1.807) is 12.3 Å². The van der Waals surface area contributed by atoms with Gasteiger partial charge in [-0.1, -0.05) is 6.92 Å². The Bertz CT molecular complexity index is 1160. The average Bonchev–Trinajstić information content (AvgIpc) is 3.15. The normalized spacial score (nSPS) is 16.1.